The molecule has 1 unspecified atom stereocenters. The van der Waals surface area contributed by atoms with Crippen LogP contribution in [-0.2, 0) is 32.2 Å². The number of esters is 1. The molecule has 1 N–H and O–H groups in total. The van der Waals surface area contributed by atoms with E-state index in [0.717, 1.165) is 5.56 Å². The Balaban J connectivity index is 2.26. The maximum Gasteiger partial charge on any atom is 0.412 e. The van der Waals surface area contributed by atoms with E-state index in [4.69, 9.17) is 18.9 Å². The lowest BCUT2D eigenvalue weighted by Crippen LogP contribution is -2.42. The van der Waals surface area contributed by atoms with Crippen molar-refractivity contribution in [2.45, 2.75) is 39.5 Å². The van der Waals surface area contributed by atoms with Gasteiger partial charge in [-0.1, -0.05) is 42.5 Å². The largest absolute Gasteiger partial charge is 0.497 e. The molecule has 0 radical (unpaired) electrons. The fraction of sp³-hybridized carbons (Fsp3) is 0.321. The first-order valence-electron chi connectivity index (χ1n) is 11.7. The quantitative estimate of drug-likeness (QED) is 0.242. The highest BCUT2D eigenvalue weighted by atomic mass is 16.6. The lowest BCUT2D eigenvalue weighted by Gasteiger charge is -2.28. The number of alkyl carbamates (subject to hydrolysis) is 1. The van der Waals surface area contributed by atoms with Crippen molar-refractivity contribution in [2.75, 3.05) is 20.8 Å². The first kappa shape index (κ1) is 29.0. The van der Waals surface area contributed by atoms with Crippen LogP contribution in [0.4, 0.5) is 4.79 Å². The summed E-state index contributed by atoms with van der Waals surface area (Å²) in [6, 6.07) is 14.4. The van der Waals surface area contributed by atoms with Crippen LogP contribution in [-0.4, -0.2) is 49.7 Å². The number of amides is 2. The van der Waals surface area contributed by atoms with Crippen molar-refractivity contribution in [1.29, 1.82) is 0 Å². The second-order valence-electron chi connectivity index (χ2n) is 8.01. The molecule has 0 aliphatic carbocycles. The maximum absolute atomic E-state index is 13.6. The van der Waals surface area contributed by atoms with Crippen molar-refractivity contribution in [3.63, 3.8) is 0 Å². The number of methoxy groups -OCH3 is 2. The summed E-state index contributed by atoms with van der Waals surface area (Å²) in [4.78, 5) is 39.2. The van der Waals surface area contributed by atoms with E-state index in [2.05, 4.69) is 11.9 Å². The molecule has 0 aliphatic heterocycles. The summed E-state index contributed by atoms with van der Waals surface area (Å²) in [6.45, 7) is 6.86. The number of rotatable bonds is 13. The van der Waals surface area contributed by atoms with Crippen LogP contribution in [0, 0.1) is 0 Å². The van der Waals surface area contributed by atoms with Gasteiger partial charge in [0.25, 0.3) is 5.91 Å². The average molecular weight is 511 g/mol. The molecule has 1 atom stereocenters. The molecule has 9 heteroatoms. The third-order valence-electron chi connectivity index (χ3n) is 5.30. The summed E-state index contributed by atoms with van der Waals surface area (Å²) >= 11 is 0. The third kappa shape index (κ3) is 9.36. The zero-order valence-electron chi connectivity index (χ0n) is 21.7. The molecule has 0 saturated heterocycles. The smallest absolute Gasteiger partial charge is 0.412 e. The van der Waals surface area contributed by atoms with Gasteiger partial charge in [0.1, 0.15) is 29.9 Å². The highest BCUT2D eigenvalue weighted by molar-refractivity contribution is 5.96. The van der Waals surface area contributed by atoms with E-state index in [1.54, 1.807) is 38.3 Å². The minimum atomic E-state index is -0.769. The number of hydrogen-bond donors (Lipinski definition) is 1. The summed E-state index contributed by atoms with van der Waals surface area (Å²) in [7, 11) is 3.07. The number of ether oxygens (including phenoxy) is 4. The van der Waals surface area contributed by atoms with Crippen LogP contribution in [0.15, 0.2) is 73.0 Å². The van der Waals surface area contributed by atoms with Crippen LogP contribution in [0.25, 0.3) is 0 Å². The van der Waals surface area contributed by atoms with E-state index in [1.807, 2.05) is 30.3 Å². The Kier molecular flexibility index (Phi) is 11.7. The number of carbonyl (C=O) groups excluding carboxylic acids is 3. The summed E-state index contributed by atoms with van der Waals surface area (Å²) in [5.74, 6) is 0.149. The second kappa shape index (κ2) is 15.0. The number of hydrogen-bond acceptors (Lipinski definition) is 7. The van der Waals surface area contributed by atoms with Gasteiger partial charge in [-0.2, -0.15) is 0 Å². The average Bonchev–Trinajstić information content (AvgIpc) is 2.90. The van der Waals surface area contributed by atoms with Crippen molar-refractivity contribution in [1.82, 2.24) is 10.2 Å². The molecule has 0 aliphatic rings. The molecular formula is C28H34N2O7. The molecule has 198 valence electrons. The van der Waals surface area contributed by atoms with Crippen LogP contribution in [0.1, 0.15) is 31.4 Å². The SMILES string of the molecule is C=CCC(CN(Cc1ccc(OC)cc1OC)C(=O)/C(=C/C)NC(=O)OCc1ccccc1)OC(C)=O. The zero-order valence-corrected chi connectivity index (χ0v) is 21.7. The minimum Gasteiger partial charge on any atom is -0.497 e. The number of carbonyl (C=O) groups is 3. The van der Waals surface area contributed by atoms with E-state index >= 15 is 0 Å². The van der Waals surface area contributed by atoms with Gasteiger partial charge >= 0.3 is 12.1 Å². The van der Waals surface area contributed by atoms with Gasteiger partial charge in [-0.25, -0.2) is 4.79 Å². The van der Waals surface area contributed by atoms with Gasteiger partial charge in [0.05, 0.1) is 20.8 Å². The Morgan fingerprint density at radius 1 is 1.08 bits per heavy atom. The second-order valence-corrected chi connectivity index (χ2v) is 8.01. The predicted molar refractivity (Wildman–Crippen MR) is 139 cm³/mol. The molecule has 0 aromatic heterocycles. The standard InChI is InChI=1S/C28H34N2O7/c1-6-11-24(37-20(3)31)18-30(17-22-14-15-23(34-4)16-26(22)35-5)27(32)25(7-2)29-28(33)36-19-21-12-9-8-10-13-21/h6-10,12-16,24H,1,11,17-19H2,2-5H3,(H,29,33)/b25-7-. The van der Waals surface area contributed by atoms with Crippen LogP contribution < -0.4 is 14.8 Å². The Bertz CT molecular complexity index is 1100. The zero-order chi connectivity index (χ0) is 27.2. The molecule has 0 fully saturated rings. The normalized spacial score (nSPS) is 11.6. The molecule has 0 saturated carbocycles. The van der Waals surface area contributed by atoms with E-state index in [0.29, 0.717) is 23.5 Å². The molecule has 9 nitrogen and oxygen atoms in total. The van der Waals surface area contributed by atoms with Gasteiger partial charge in [0.15, 0.2) is 0 Å². The van der Waals surface area contributed by atoms with Gasteiger partial charge < -0.3 is 23.8 Å². The maximum atomic E-state index is 13.6. The summed E-state index contributed by atoms with van der Waals surface area (Å²) < 4.78 is 21.4. The van der Waals surface area contributed by atoms with Crippen molar-refractivity contribution in [3.8, 4) is 11.5 Å². The summed E-state index contributed by atoms with van der Waals surface area (Å²) in [5.41, 5.74) is 1.53. The number of allylic oxidation sites excluding steroid dienone is 1. The Labute approximate surface area is 217 Å². The van der Waals surface area contributed by atoms with Crippen LogP contribution in [0.2, 0.25) is 0 Å². The topological polar surface area (TPSA) is 103 Å². The molecule has 2 aromatic rings. The monoisotopic (exact) mass is 510 g/mol. The summed E-state index contributed by atoms with van der Waals surface area (Å²) in [5, 5.41) is 2.53. The van der Waals surface area contributed by atoms with E-state index in [1.165, 1.54) is 25.0 Å². The first-order valence-corrected chi connectivity index (χ1v) is 11.7. The van der Waals surface area contributed by atoms with Crippen LogP contribution in [0.5, 0.6) is 11.5 Å². The lowest BCUT2D eigenvalue weighted by molar-refractivity contribution is -0.149. The number of nitrogens with zero attached hydrogens (tertiary/aromatic N) is 1. The van der Waals surface area contributed by atoms with Crippen LogP contribution >= 0.6 is 0 Å². The molecule has 0 spiro atoms. The molecule has 37 heavy (non-hydrogen) atoms. The lowest BCUT2D eigenvalue weighted by atomic mass is 10.1. The van der Waals surface area contributed by atoms with E-state index in [9.17, 15) is 14.4 Å². The molecule has 2 amide bonds. The van der Waals surface area contributed by atoms with Crippen LogP contribution in [0.3, 0.4) is 0 Å². The van der Waals surface area contributed by atoms with Gasteiger partial charge in [0, 0.05) is 31.5 Å². The molecule has 0 heterocycles. The van der Waals surface area contributed by atoms with Gasteiger partial charge in [-0.15, -0.1) is 6.58 Å². The highest BCUT2D eigenvalue weighted by Crippen LogP contribution is 2.26. The molecular weight excluding hydrogens is 476 g/mol. The Morgan fingerprint density at radius 3 is 2.41 bits per heavy atom. The van der Waals surface area contributed by atoms with Crippen molar-refractivity contribution < 1.29 is 33.3 Å². The van der Waals surface area contributed by atoms with Gasteiger partial charge in [-0.05, 0) is 24.6 Å². The van der Waals surface area contributed by atoms with Gasteiger partial charge in [0.2, 0.25) is 0 Å². The van der Waals surface area contributed by atoms with Crippen molar-refractivity contribution in [2.24, 2.45) is 0 Å². The van der Waals surface area contributed by atoms with E-state index in [-0.39, 0.29) is 25.4 Å². The summed E-state index contributed by atoms with van der Waals surface area (Å²) in [6.07, 6.45) is 2.03. The Hall–Kier alpha value is -4.27. The van der Waals surface area contributed by atoms with Gasteiger partial charge in [-0.3, -0.25) is 14.9 Å². The fourth-order valence-corrected chi connectivity index (χ4v) is 3.52. The predicted octanol–water partition coefficient (Wildman–Crippen LogP) is 4.37. The number of nitrogens with one attached hydrogen (secondary N) is 1. The Morgan fingerprint density at radius 2 is 1.81 bits per heavy atom. The third-order valence-corrected chi connectivity index (χ3v) is 5.30. The van der Waals surface area contributed by atoms with Crippen molar-refractivity contribution >= 4 is 18.0 Å². The molecule has 2 aromatic carbocycles. The van der Waals surface area contributed by atoms with E-state index < -0.39 is 24.1 Å². The van der Waals surface area contributed by atoms with Crippen molar-refractivity contribution in [3.05, 3.63) is 84.1 Å². The molecule has 0 bridgehead atoms. The fourth-order valence-electron chi connectivity index (χ4n) is 3.52. The molecule has 2 rings (SSSR count). The first-order chi connectivity index (χ1) is 17.8. The highest BCUT2D eigenvalue weighted by Gasteiger charge is 2.25. The minimum absolute atomic E-state index is 0.0192. The number of benzene rings is 2.